The molecule has 5 aromatic rings. The zero-order chi connectivity index (χ0) is 29.9. The molecule has 1 amide bonds. The van der Waals surface area contributed by atoms with Crippen molar-refractivity contribution < 1.29 is 9.53 Å². The predicted molar refractivity (Wildman–Crippen MR) is 167 cm³/mol. The summed E-state index contributed by atoms with van der Waals surface area (Å²) in [5.74, 6) is 0.766. The quantitative estimate of drug-likeness (QED) is 0.298. The van der Waals surface area contributed by atoms with Gasteiger partial charge in [0.1, 0.15) is 22.9 Å². The van der Waals surface area contributed by atoms with Gasteiger partial charge in [0.2, 0.25) is 0 Å². The maximum absolute atomic E-state index is 13.6. The van der Waals surface area contributed by atoms with Gasteiger partial charge in [-0.25, -0.2) is 19.6 Å². The topological polar surface area (TPSA) is 135 Å². The molecule has 11 nitrogen and oxygen atoms in total. The molecule has 4 heterocycles. The minimum atomic E-state index is -0.393. The van der Waals surface area contributed by atoms with E-state index in [0.717, 1.165) is 30.0 Å². The summed E-state index contributed by atoms with van der Waals surface area (Å²) in [6.07, 6.45) is 3.92. The molecule has 0 radical (unpaired) electrons. The monoisotopic (exact) mass is 576 g/mol. The van der Waals surface area contributed by atoms with E-state index in [4.69, 9.17) is 15.5 Å². The van der Waals surface area contributed by atoms with Crippen LogP contribution < -0.4 is 21.1 Å². The van der Waals surface area contributed by atoms with Crippen LogP contribution in [0.1, 0.15) is 23.0 Å². The van der Waals surface area contributed by atoms with E-state index in [9.17, 15) is 9.59 Å². The number of aromatic nitrogens is 5. The average molecular weight is 577 g/mol. The van der Waals surface area contributed by atoms with Gasteiger partial charge in [-0.1, -0.05) is 37.3 Å². The highest BCUT2D eigenvalue weighted by atomic mass is 16.5. The summed E-state index contributed by atoms with van der Waals surface area (Å²) in [6, 6.07) is 20.4. The van der Waals surface area contributed by atoms with E-state index in [1.807, 2.05) is 61.5 Å². The number of para-hydroxylation sites is 1. The third kappa shape index (κ3) is 5.50. The van der Waals surface area contributed by atoms with Crippen LogP contribution in [0, 0.1) is 0 Å². The molecule has 0 unspecified atom stereocenters. The maximum atomic E-state index is 13.6. The van der Waals surface area contributed by atoms with Gasteiger partial charge in [0.25, 0.3) is 11.5 Å². The second kappa shape index (κ2) is 11.9. The molecule has 0 spiro atoms. The Hall–Kier alpha value is -5.29. The number of nitrogen functional groups attached to an aromatic ring is 1. The molecule has 11 heteroatoms. The molecule has 3 N–H and O–H groups in total. The molecule has 0 atom stereocenters. The molecule has 1 fully saturated rings. The number of carbonyl (C=O) groups is 1. The number of aromatic amines is 1. The second-order valence-corrected chi connectivity index (χ2v) is 10.2. The lowest BCUT2D eigenvalue weighted by molar-refractivity contribution is 0.0991. The molecule has 6 rings (SSSR count). The first-order valence-electron chi connectivity index (χ1n) is 14.1. The molecular formula is C32H32N8O3. The molecule has 0 aliphatic carbocycles. The third-order valence-electron chi connectivity index (χ3n) is 7.56. The molecule has 0 bridgehead atoms. The SMILES string of the molecule is CCc1[nH]n(-c2ccccc2)c(=O)c1C(=O)N(C)c1ccc(-c2nc(-c3ccnc(N4CCOCC4)c3)cnc2N)cc1. The molecule has 1 aliphatic heterocycles. The van der Waals surface area contributed by atoms with Crippen LogP contribution in [0.15, 0.2) is 83.9 Å². The number of nitrogens with one attached hydrogen (secondary N) is 1. The number of morpholine rings is 1. The van der Waals surface area contributed by atoms with Gasteiger partial charge in [-0.2, -0.15) is 0 Å². The number of benzene rings is 2. The normalized spacial score (nSPS) is 13.2. The second-order valence-electron chi connectivity index (χ2n) is 10.2. The number of rotatable bonds is 7. The summed E-state index contributed by atoms with van der Waals surface area (Å²) in [4.78, 5) is 44.3. The summed E-state index contributed by atoms with van der Waals surface area (Å²) in [6.45, 7) is 4.81. The van der Waals surface area contributed by atoms with E-state index in [1.165, 1.54) is 9.58 Å². The molecule has 43 heavy (non-hydrogen) atoms. The van der Waals surface area contributed by atoms with Crippen LogP contribution in [0.2, 0.25) is 0 Å². The van der Waals surface area contributed by atoms with E-state index in [1.54, 1.807) is 31.6 Å². The highest BCUT2D eigenvalue weighted by Gasteiger charge is 2.25. The first kappa shape index (κ1) is 27.9. The Bertz CT molecular complexity index is 1810. The first-order chi connectivity index (χ1) is 20.9. The third-order valence-corrected chi connectivity index (χ3v) is 7.56. The van der Waals surface area contributed by atoms with Crippen molar-refractivity contribution >= 4 is 23.2 Å². The Morgan fingerprint density at radius 3 is 2.49 bits per heavy atom. The summed E-state index contributed by atoms with van der Waals surface area (Å²) >= 11 is 0. The summed E-state index contributed by atoms with van der Waals surface area (Å²) in [7, 11) is 1.65. The number of nitrogens with zero attached hydrogens (tertiary/aromatic N) is 6. The maximum Gasteiger partial charge on any atom is 0.284 e. The first-order valence-corrected chi connectivity index (χ1v) is 14.1. The Morgan fingerprint density at radius 1 is 1.02 bits per heavy atom. The van der Waals surface area contributed by atoms with Crippen LogP contribution in [0.25, 0.3) is 28.2 Å². The Balaban J connectivity index is 1.26. The number of ether oxygens (including phenoxy) is 1. The van der Waals surface area contributed by atoms with E-state index in [2.05, 4.69) is 20.0 Å². The average Bonchev–Trinajstić information content (AvgIpc) is 3.41. The van der Waals surface area contributed by atoms with Crippen molar-refractivity contribution in [3.05, 3.63) is 101 Å². The molecule has 3 aromatic heterocycles. The van der Waals surface area contributed by atoms with Gasteiger partial charge in [-0.15, -0.1) is 0 Å². The van der Waals surface area contributed by atoms with Gasteiger partial charge in [0, 0.05) is 43.1 Å². The smallest absolute Gasteiger partial charge is 0.284 e. The highest BCUT2D eigenvalue weighted by molar-refractivity contribution is 6.06. The van der Waals surface area contributed by atoms with Crippen LogP contribution in [-0.2, 0) is 11.2 Å². The largest absolute Gasteiger partial charge is 0.382 e. The molecule has 1 aliphatic rings. The van der Waals surface area contributed by atoms with E-state index >= 15 is 0 Å². The van der Waals surface area contributed by atoms with Crippen molar-refractivity contribution in [3.8, 4) is 28.2 Å². The number of nitrogens with two attached hydrogens (primary N) is 1. The fourth-order valence-corrected chi connectivity index (χ4v) is 5.14. The van der Waals surface area contributed by atoms with Crippen molar-refractivity contribution in [1.82, 2.24) is 24.7 Å². The molecule has 0 saturated carbocycles. The van der Waals surface area contributed by atoms with Crippen molar-refractivity contribution in [2.75, 3.05) is 48.9 Å². The zero-order valence-electron chi connectivity index (χ0n) is 24.0. The number of carbonyl (C=O) groups excluding carboxylic acids is 1. The molecule has 1 saturated heterocycles. The predicted octanol–water partition coefficient (Wildman–Crippen LogP) is 3.94. The fourth-order valence-electron chi connectivity index (χ4n) is 5.14. The van der Waals surface area contributed by atoms with Gasteiger partial charge in [0.05, 0.1) is 36.5 Å². The van der Waals surface area contributed by atoms with Gasteiger partial charge in [-0.05, 0) is 42.8 Å². The Labute approximate surface area is 248 Å². The lowest BCUT2D eigenvalue weighted by Crippen LogP contribution is -2.36. The minimum absolute atomic E-state index is 0.120. The van der Waals surface area contributed by atoms with Crippen LogP contribution in [0.5, 0.6) is 0 Å². The number of hydrogen-bond acceptors (Lipinski definition) is 8. The number of anilines is 3. The minimum Gasteiger partial charge on any atom is -0.382 e. The van der Waals surface area contributed by atoms with Gasteiger partial charge < -0.3 is 20.3 Å². The van der Waals surface area contributed by atoms with Crippen LogP contribution >= 0.6 is 0 Å². The number of amides is 1. The van der Waals surface area contributed by atoms with E-state index < -0.39 is 5.91 Å². The van der Waals surface area contributed by atoms with Crippen molar-refractivity contribution in [1.29, 1.82) is 0 Å². The lowest BCUT2D eigenvalue weighted by atomic mass is 10.1. The number of H-pyrrole nitrogens is 1. The van der Waals surface area contributed by atoms with Crippen molar-refractivity contribution in [3.63, 3.8) is 0 Å². The van der Waals surface area contributed by atoms with Crippen LogP contribution in [0.3, 0.4) is 0 Å². The zero-order valence-corrected chi connectivity index (χ0v) is 24.0. The van der Waals surface area contributed by atoms with Gasteiger partial charge >= 0.3 is 0 Å². The Kier molecular flexibility index (Phi) is 7.71. The van der Waals surface area contributed by atoms with E-state index in [-0.39, 0.29) is 11.1 Å². The molecule has 2 aromatic carbocycles. The number of hydrogen-bond donors (Lipinski definition) is 2. The van der Waals surface area contributed by atoms with Crippen molar-refractivity contribution in [2.45, 2.75) is 13.3 Å². The van der Waals surface area contributed by atoms with Crippen LogP contribution in [0.4, 0.5) is 17.3 Å². The Morgan fingerprint density at radius 2 is 1.77 bits per heavy atom. The summed E-state index contributed by atoms with van der Waals surface area (Å²) in [5.41, 5.74) is 10.7. The summed E-state index contributed by atoms with van der Waals surface area (Å²) < 4.78 is 6.87. The van der Waals surface area contributed by atoms with Gasteiger partial charge in [0.15, 0.2) is 0 Å². The number of pyridine rings is 1. The van der Waals surface area contributed by atoms with Crippen LogP contribution in [-0.4, -0.2) is 64.0 Å². The highest BCUT2D eigenvalue weighted by Crippen LogP contribution is 2.29. The summed E-state index contributed by atoms with van der Waals surface area (Å²) in [5, 5.41) is 3.10. The van der Waals surface area contributed by atoms with E-state index in [0.29, 0.717) is 53.9 Å². The van der Waals surface area contributed by atoms with Gasteiger partial charge in [-0.3, -0.25) is 14.7 Å². The lowest BCUT2D eigenvalue weighted by Gasteiger charge is -2.28. The molecule has 218 valence electrons. The van der Waals surface area contributed by atoms with Crippen molar-refractivity contribution in [2.24, 2.45) is 0 Å². The fraction of sp³-hybridized carbons (Fsp3) is 0.219. The number of aryl methyl sites for hydroxylation is 1. The molecular weight excluding hydrogens is 544 g/mol. The standard InChI is InChI=1S/C32H32N8O3/c1-3-25-28(32(42)40(37-25)24-7-5-4-6-8-24)31(41)38(2)23-11-9-21(10-12-23)29-30(33)35-20-26(36-29)22-13-14-34-27(19-22)39-15-17-43-18-16-39/h4-14,19-20,37H,3,15-18H2,1-2H3,(H2,33,35).